The molecule has 1 aromatic rings. The molecule has 0 N–H and O–H groups in total. The van der Waals surface area contributed by atoms with Gasteiger partial charge in [-0.3, -0.25) is 0 Å². The SMILES string of the molecule is CC1C2=C(C3CCC2CS3)C(C)C2=C1C1COC2c2ccccc21. The predicted molar refractivity (Wildman–Crippen MR) is 99.2 cm³/mol. The molecule has 1 saturated heterocycles. The van der Waals surface area contributed by atoms with Crippen LogP contribution in [-0.2, 0) is 4.74 Å². The van der Waals surface area contributed by atoms with Gasteiger partial charge in [0.25, 0.3) is 0 Å². The first-order chi connectivity index (χ1) is 11.8. The summed E-state index contributed by atoms with van der Waals surface area (Å²) in [7, 11) is 0. The van der Waals surface area contributed by atoms with Gasteiger partial charge in [-0.05, 0) is 41.4 Å². The van der Waals surface area contributed by atoms with E-state index in [9.17, 15) is 0 Å². The lowest BCUT2D eigenvalue weighted by atomic mass is 9.58. The largest absolute Gasteiger partial charge is 0.368 e. The first-order valence-corrected chi connectivity index (χ1v) is 10.6. The van der Waals surface area contributed by atoms with E-state index in [-0.39, 0.29) is 6.10 Å². The number of fused-ring (bicyclic) bond motifs is 3. The van der Waals surface area contributed by atoms with Gasteiger partial charge in [0, 0.05) is 22.8 Å². The first kappa shape index (κ1) is 14.2. The average Bonchev–Trinajstić information content (AvgIpc) is 2.66. The summed E-state index contributed by atoms with van der Waals surface area (Å²) in [6, 6.07) is 9.05. The Morgan fingerprint density at radius 2 is 1.71 bits per heavy atom. The van der Waals surface area contributed by atoms with Crippen LogP contribution in [0.2, 0.25) is 0 Å². The highest BCUT2D eigenvalue weighted by Crippen LogP contribution is 2.62. The maximum atomic E-state index is 6.36. The van der Waals surface area contributed by atoms with Gasteiger partial charge in [0.15, 0.2) is 0 Å². The molecule has 6 atom stereocenters. The van der Waals surface area contributed by atoms with E-state index in [4.69, 9.17) is 4.74 Å². The molecular weight excluding hydrogens is 312 g/mol. The number of thioether (sulfide) groups is 1. The van der Waals surface area contributed by atoms with Crippen molar-refractivity contribution in [1.82, 2.24) is 0 Å². The normalized spacial score (nSPS) is 42.1. The summed E-state index contributed by atoms with van der Waals surface area (Å²) in [5.41, 5.74) is 10.0. The van der Waals surface area contributed by atoms with Crippen LogP contribution in [0.15, 0.2) is 46.6 Å². The Balaban J connectivity index is 1.56. The van der Waals surface area contributed by atoms with Crippen LogP contribution in [0.5, 0.6) is 0 Å². The fraction of sp³-hybridized carbons (Fsp3) is 0.545. The molecule has 3 aliphatic carbocycles. The van der Waals surface area contributed by atoms with Gasteiger partial charge in [0.2, 0.25) is 0 Å². The molecule has 6 unspecified atom stereocenters. The second kappa shape index (κ2) is 4.80. The smallest absolute Gasteiger partial charge is 0.105 e. The zero-order valence-corrected chi connectivity index (χ0v) is 15.2. The molecule has 7 aliphatic rings. The van der Waals surface area contributed by atoms with Gasteiger partial charge in [-0.1, -0.05) is 54.8 Å². The number of hydrogen-bond donors (Lipinski definition) is 0. The zero-order valence-electron chi connectivity index (χ0n) is 14.4. The van der Waals surface area contributed by atoms with E-state index in [1.54, 1.807) is 16.7 Å². The Bertz CT molecular complexity index is 731. The Kier molecular flexibility index (Phi) is 2.84. The Labute approximate surface area is 148 Å². The summed E-state index contributed by atoms with van der Waals surface area (Å²) in [4.78, 5) is 0. The first-order valence-electron chi connectivity index (χ1n) is 9.55. The molecule has 0 spiro atoms. The van der Waals surface area contributed by atoms with E-state index in [1.165, 1.54) is 24.2 Å². The number of allylic oxidation sites excluding steroid dienone is 1. The number of benzene rings is 1. The van der Waals surface area contributed by atoms with E-state index < -0.39 is 0 Å². The molecule has 1 aromatic carbocycles. The van der Waals surface area contributed by atoms with Gasteiger partial charge in [-0.25, -0.2) is 0 Å². The molecule has 1 fully saturated rings. The highest BCUT2D eigenvalue weighted by Gasteiger charge is 2.51. The molecule has 124 valence electrons. The lowest BCUT2D eigenvalue weighted by molar-refractivity contribution is 0.0313. The van der Waals surface area contributed by atoms with Crippen LogP contribution in [-0.4, -0.2) is 17.6 Å². The van der Waals surface area contributed by atoms with Crippen LogP contribution in [0.25, 0.3) is 0 Å². The molecule has 0 amide bonds. The quantitative estimate of drug-likeness (QED) is 0.598. The van der Waals surface area contributed by atoms with Crippen LogP contribution < -0.4 is 0 Å². The third kappa shape index (κ3) is 1.58. The van der Waals surface area contributed by atoms with Gasteiger partial charge in [0.05, 0.1) is 6.61 Å². The maximum Gasteiger partial charge on any atom is 0.105 e. The van der Waals surface area contributed by atoms with Crippen molar-refractivity contribution in [3.8, 4) is 0 Å². The minimum absolute atomic E-state index is 0.221. The minimum atomic E-state index is 0.221. The minimum Gasteiger partial charge on any atom is -0.368 e. The van der Waals surface area contributed by atoms with E-state index in [1.807, 2.05) is 11.1 Å². The van der Waals surface area contributed by atoms with Gasteiger partial charge in [-0.2, -0.15) is 11.8 Å². The van der Waals surface area contributed by atoms with Crippen molar-refractivity contribution in [2.24, 2.45) is 17.8 Å². The van der Waals surface area contributed by atoms with E-state index >= 15 is 0 Å². The molecular formula is C22H24OS. The number of hydrogen-bond acceptors (Lipinski definition) is 2. The molecule has 4 bridgehead atoms. The highest BCUT2D eigenvalue weighted by molar-refractivity contribution is 8.00. The van der Waals surface area contributed by atoms with Crippen molar-refractivity contribution < 1.29 is 4.74 Å². The molecule has 1 nitrogen and oxygen atoms in total. The molecule has 8 rings (SSSR count). The van der Waals surface area contributed by atoms with Gasteiger partial charge in [0.1, 0.15) is 6.10 Å². The number of ether oxygens (including phenoxy) is 1. The monoisotopic (exact) mass is 336 g/mol. The molecule has 0 radical (unpaired) electrons. The summed E-state index contributed by atoms with van der Waals surface area (Å²) < 4.78 is 6.36. The highest BCUT2D eigenvalue weighted by atomic mass is 32.2. The van der Waals surface area contributed by atoms with Gasteiger partial charge in [-0.15, -0.1) is 0 Å². The summed E-state index contributed by atoms with van der Waals surface area (Å²) in [6.45, 7) is 5.87. The van der Waals surface area contributed by atoms with Crippen LogP contribution in [0, 0.1) is 17.8 Å². The lowest BCUT2D eigenvalue weighted by Crippen LogP contribution is -2.44. The van der Waals surface area contributed by atoms with Crippen molar-refractivity contribution in [1.29, 1.82) is 0 Å². The van der Waals surface area contributed by atoms with Gasteiger partial charge < -0.3 is 4.74 Å². The van der Waals surface area contributed by atoms with Crippen LogP contribution >= 0.6 is 11.8 Å². The third-order valence-electron chi connectivity index (χ3n) is 7.34. The zero-order chi connectivity index (χ0) is 16.0. The molecule has 4 heterocycles. The van der Waals surface area contributed by atoms with Crippen molar-refractivity contribution in [2.75, 3.05) is 12.4 Å². The van der Waals surface area contributed by atoms with Crippen molar-refractivity contribution in [2.45, 2.75) is 44.0 Å². The number of rotatable bonds is 0. The fourth-order valence-electron chi connectivity index (χ4n) is 6.47. The maximum absolute atomic E-state index is 6.36. The Morgan fingerprint density at radius 1 is 0.917 bits per heavy atom. The predicted octanol–water partition coefficient (Wildman–Crippen LogP) is 5.26. The van der Waals surface area contributed by atoms with Crippen molar-refractivity contribution in [3.05, 3.63) is 57.7 Å². The topological polar surface area (TPSA) is 9.23 Å². The van der Waals surface area contributed by atoms with E-state index in [2.05, 4.69) is 49.9 Å². The molecule has 0 aromatic heterocycles. The summed E-state index contributed by atoms with van der Waals surface area (Å²) >= 11 is 2.23. The lowest BCUT2D eigenvalue weighted by Gasteiger charge is -2.54. The Morgan fingerprint density at radius 3 is 2.50 bits per heavy atom. The standard InChI is InChI=1S/C22H24OS/c1-11-18-13-7-8-17(24-10-13)20(18)12(2)21-19(11)16-9-23-22(21)15-6-4-3-5-14(15)16/h3-6,11-13,16-17,22H,7-10H2,1-2H3. The molecule has 2 heteroatoms. The summed E-state index contributed by atoms with van der Waals surface area (Å²) in [5.74, 6) is 3.95. The third-order valence-corrected chi connectivity index (χ3v) is 8.82. The van der Waals surface area contributed by atoms with Crippen molar-refractivity contribution >= 4 is 11.8 Å². The van der Waals surface area contributed by atoms with Crippen LogP contribution in [0.4, 0.5) is 0 Å². The second-order valence-electron chi connectivity index (χ2n) is 8.26. The van der Waals surface area contributed by atoms with E-state index in [0.29, 0.717) is 17.8 Å². The molecule has 24 heavy (non-hydrogen) atoms. The van der Waals surface area contributed by atoms with Crippen molar-refractivity contribution in [3.63, 3.8) is 0 Å². The van der Waals surface area contributed by atoms with Gasteiger partial charge >= 0.3 is 0 Å². The van der Waals surface area contributed by atoms with Crippen LogP contribution in [0.3, 0.4) is 0 Å². The summed E-state index contributed by atoms with van der Waals surface area (Å²) in [5, 5.41) is 0.784. The fourth-order valence-corrected chi connectivity index (χ4v) is 8.10. The van der Waals surface area contributed by atoms with E-state index in [0.717, 1.165) is 17.8 Å². The second-order valence-corrected chi connectivity index (χ2v) is 9.49. The summed E-state index contributed by atoms with van der Waals surface area (Å²) in [6.07, 6.45) is 3.05. The Hall–Kier alpha value is -0.990. The molecule has 4 aliphatic heterocycles. The average molecular weight is 336 g/mol. The molecule has 0 saturated carbocycles. The van der Waals surface area contributed by atoms with Crippen LogP contribution in [0.1, 0.15) is 49.8 Å².